The molecule has 2 heterocycles. The molecule has 4 rings (SSSR count). The number of imidazole rings is 1. The number of nitrogens with one attached hydrogen (secondary N) is 1. The molecule has 0 aliphatic carbocycles. The van der Waals surface area contributed by atoms with Gasteiger partial charge in [-0.2, -0.15) is 13.2 Å². The summed E-state index contributed by atoms with van der Waals surface area (Å²) >= 11 is 5.72. The van der Waals surface area contributed by atoms with E-state index in [-0.39, 0.29) is 5.69 Å². The maximum Gasteiger partial charge on any atom is 0.418 e. The third-order valence-electron chi connectivity index (χ3n) is 5.28. The van der Waals surface area contributed by atoms with Gasteiger partial charge in [-0.3, -0.25) is 18.5 Å². The lowest BCUT2D eigenvalue weighted by atomic mass is 10.1. The second-order valence-corrected chi connectivity index (χ2v) is 7.76. The Morgan fingerprint density at radius 2 is 1.85 bits per heavy atom. The van der Waals surface area contributed by atoms with Gasteiger partial charge in [0, 0.05) is 13.2 Å². The van der Waals surface area contributed by atoms with Crippen molar-refractivity contribution in [3.63, 3.8) is 0 Å². The summed E-state index contributed by atoms with van der Waals surface area (Å²) in [5, 5.41) is 8.84. The van der Waals surface area contributed by atoms with Crippen LogP contribution in [0.15, 0.2) is 57.0 Å². The molecule has 0 amide bonds. The molecular weight excluding hydrogens is 481 g/mol. The monoisotopic (exact) mass is 494 g/mol. The summed E-state index contributed by atoms with van der Waals surface area (Å²) in [5.41, 5.74) is -4.47. The lowest BCUT2D eigenvalue weighted by molar-refractivity contribution is -0.138. The van der Waals surface area contributed by atoms with Crippen LogP contribution >= 0.6 is 11.6 Å². The van der Waals surface area contributed by atoms with Crippen LogP contribution in [-0.4, -0.2) is 29.8 Å². The van der Waals surface area contributed by atoms with E-state index in [2.05, 4.69) is 4.98 Å². The van der Waals surface area contributed by atoms with Gasteiger partial charge < -0.3 is 10.1 Å². The molecule has 0 radical (unpaired) electrons. The first kappa shape index (κ1) is 23.1. The first-order valence-electron chi connectivity index (χ1n) is 9.53. The zero-order chi connectivity index (χ0) is 24.9. The largest absolute Gasteiger partial charge is 0.477 e. The number of aromatic carboxylic acids is 1. The van der Waals surface area contributed by atoms with Gasteiger partial charge in [-0.15, -0.1) is 0 Å². The molecule has 176 valence electrons. The molecule has 13 heteroatoms. The molecule has 2 N–H and O–H groups in total. The number of carboxylic acids is 1. The van der Waals surface area contributed by atoms with Gasteiger partial charge in [0.1, 0.15) is 5.56 Å². The predicted octanol–water partition coefficient (Wildman–Crippen LogP) is 2.60. The molecule has 0 atom stereocenters. The fourth-order valence-corrected chi connectivity index (χ4v) is 3.94. The van der Waals surface area contributed by atoms with Gasteiger partial charge in [0.05, 0.1) is 33.9 Å². The summed E-state index contributed by atoms with van der Waals surface area (Å²) in [5.74, 6) is -1.68. The molecular formula is C21H14ClF3N4O5. The highest BCUT2D eigenvalue weighted by Crippen LogP contribution is 2.37. The van der Waals surface area contributed by atoms with Crippen LogP contribution in [0.1, 0.15) is 21.5 Å². The van der Waals surface area contributed by atoms with Crippen molar-refractivity contribution in [1.82, 2.24) is 18.7 Å². The predicted molar refractivity (Wildman–Crippen MR) is 116 cm³/mol. The molecule has 0 aliphatic heterocycles. The Hall–Kier alpha value is -4.06. The molecule has 0 aliphatic rings. The van der Waals surface area contributed by atoms with E-state index >= 15 is 0 Å². The summed E-state index contributed by atoms with van der Waals surface area (Å²) in [6.45, 7) is -0.876. The summed E-state index contributed by atoms with van der Waals surface area (Å²) < 4.78 is 43.2. The number of carbonyl (C=O) groups is 1. The maximum atomic E-state index is 13.6. The number of alkyl halides is 3. The number of nitrogens with zero attached hydrogens (tertiary/aromatic N) is 3. The number of aromatic amines is 1. The number of carboxylic acid groups (broad SMARTS) is 1. The standard InChI is InChI=1S/C21H14ClF3N4O5/c1-27-15-6-5-11(7-14(15)26-19(27)33)28-9-12(18(31)32)17(30)29(20(28)34)8-10-3-2-4-13(22)16(10)21(23,24)25/h2-7,9H,8H2,1H3,(H,26,33)(H,31,32). The van der Waals surface area contributed by atoms with Gasteiger partial charge in [0.2, 0.25) is 0 Å². The number of rotatable bonds is 4. The SMILES string of the molecule is Cn1c(=O)[nH]c2cc(-n3cc(C(=O)O)c(=O)n(Cc4cccc(Cl)c4C(F)(F)F)c3=O)ccc21. The molecule has 0 spiro atoms. The van der Waals surface area contributed by atoms with Crippen molar-refractivity contribution < 1.29 is 23.1 Å². The van der Waals surface area contributed by atoms with Crippen LogP contribution in [-0.2, 0) is 19.8 Å². The molecule has 0 unspecified atom stereocenters. The number of halogens is 4. The van der Waals surface area contributed by atoms with E-state index in [0.717, 1.165) is 22.9 Å². The lowest BCUT2D eigenvalue weighted by Crippen LogP contribution is -2.42. The summed E-state index contributed by atoms with van der Waals surface area (Å²) in [6.07, 6.45) is -4.10. The number of H-pyrrole nitrogens is 1. The van der Waals surface area contributed by atoms with Gasteiger partial charge in [0.25, 0.3) is 5.56 Å². The number of hydrogen-bond donors (Lipinski definition) is 2. The highest BCUT2D eigenvalue weighted by Gasteiger charge is 2.36. The topological polar surface area (TPSA) is 119 Å². The third kappa shape index (κ3) is 3.81. The Morgan fingerprint density at radius 3 is 2.50 bits per heavy atom. The first-order chi connectivity index (χ1) is 15.9. The number of aryl methyl sites for hydroxylation is 1. The van der Waals surface area contributed by atoms with Crippen LogP contribution in [0.3, 0.4) is 0 Å². The van der Waals surface area contributed by atoms with Crippen molar-refractivity contribution in [2.75, 3.05) is 0 Å². The summed E-state index contributed by atoms with van der Waals surface area (Å²) in [4.78, 5) is 52.0. The van der Waals surface area contributed by atoms with Crippen LogP contribution in [0.25, 0.3) is 16.7 Å². The van der Waals surface area contributed by atoms with Gasteiger partial charge in [0.15, 0.2) is 0 Å². The van der Waals surface area contributed by atoms with E-state index < -0.39 is 57.3 Å². The van der Waals surface area contributed by atoms with Crippen LogP contribution in [0, 0.1) is 0 Å². The Balaban J connectivity index is 1.97. The summed E-state index contributed by atoms with van der Waals surface area (Å²) in [7, 11) is 1.51. The fourth-order valence-electron chi connectivity index (χ4n) is 3.64. The highest BCUT2D eigenvalue weighted by atomic mass is 35.5. The fraction of sp³-hybridized carbons (Fsp3) is 0.143. The first-order valence-corrected chi connectivity index (χ1v) is 9.91. The minimum Gasteiger partial charge on any atom is -0.477 e. The minimum absolute atomic E-state index is 0.0812. The van der Waals surface area contributed by atoms with Crippen LogP contribution in [0.2, 0.25) is 5.02 Å². The Kier molecular flexibility index (Phi) is 5.48. The zero-order valence-corrected chi connectivity index (χ0v) is 17.9. The van der Waals surface area contributed by atoms with Crippen LogP contribution in [0.4, 0.5) is 13.2 Å². The van der Waals surface area contributed by atoms with Crippen molar-refractivity contribution in [3.8, 4) is 5.69 Å². The summed E-state index contributed by atoms with van der Waals surface area (Å²) in [6, 6.07) is 7.54. The van der Waals surface area contributed by atoms with E-state index in [9.17, 15) is 37.5 Å². The molecule has 0 saturated heterocycles. The van der Waals surface area contributed by atoms with E-state index in [1.807, 2.05) is 0 Å². The van der Waals surface area contributed by atoms with Crippen LogP contribution < -0.4 is 16.9 Å². The van der Waals surface area contributed by atoms with Gasteiger partial charge >= 0.3 is 23.5 Å². The number of aromatic nitrogens is 4. The molecule has 34 heavy (non-hydrogen) atoms. The second kappa shape index (κ2) is 8.06. The van der Waals surface area contributed by atoms with E-state index in [1.165, 1.54) is 35.9 Å². The molecule has 9 nitrogen and oxygen atoms in total. The van der Waals surface area contributed by atoms with Crippen molar-refractivity contribution in [2.45, 2.75) is 12.7 Å². The number of benzene rings is 2. The van der Waals surface area contributed by atoms with Gasteiger partial charge in [-0.05, 0) is 29.8 Å². The van der Waals surface area contributed by atoms with Gasteiger partial charge in [-0.1, -0.05) is 23.7 Å². The quantitative estimate of drug-likeness (QED) is 0.452. The normalized spacial score (nSPS) is 11.8. The number of fused-ring (bicyclic) bond motifs is 1. The van der Waals surface area contributed by atoms with E-state index in [4.69, 9.17) is 11.6 Å². The average Bonchev–Trinajstić information content (AvgIpc) is 3.03. The Labute approximate surface area is 191 Å². The maximum absolute atomic E-state index is 13.6. The van der Waals surface area contributed by atoms with Crippen molar-refractivity contribution >= 4 is 28.6 Å². The average molecular weight is 495 g/mol. The molecule has 2 aromatic heterocycles. The van der Waals surface area contributed by atoms with E-state index in [1.54, 1.807) is 0 Å². The molecule has 0 fully saturated rings. The minimum atomic E-state index is -4.88. The Bertz CT molecular complexity index is 1650. The highest BCUT2D eigenvalue weighted by molar-refractivity contribution is 6.31. The van der Waals surface area contributed by atoms with Crippen molar-refractivity contribution in [1.29, 1.82) is 0 Å². The van der Waals surface area contributed by atoms with E-state index in [0.29, 0.717) is 15.6 Å². The lowest BCUT2D eigenvalue weighted by Gasteiger charge is -2.16. The molecule has 0 bridgehead atoms. The molecule has 2 aromatic carbocycles. The molecule has 0 saturated carbocycles. The second-order valence-electron chi connectivity index (χ2n) is 7.35. The Morgan fingerprint density at radius 1 is 1.15 bits per heavy atom. The van der Waals surface area contributed by atoms with Crippen molar-refractivity contribution in [3.05, 3.63) is 95.6 Å². The third-order valence-corrected chi connectivity index (χ3v) is 5.59. The van der Waals surface area contributed by atoms with Gasteiger partial charge in [-0.25, -0.2) is 14.4 Å². The van der Waals surface area contributed by atoms with Crippen molar-refractivity contribution in [2.24, 2.45) is 7.05 Å². The zero-order valence-electron chi connectivity index (χ0n) is 17.2. The van der Waals surface area contributed by atoms with Crippen LogP contribution in [0.5, 0.6) is 0 Å². The molecule has 4 aromatic rings. The number of hydrogen-bond acceptors (Lipinski definition) is 4. The smallest absolute Gasteiger partial charge is 0.418 e.